The molecule has 1 aromatic heterocycles. The molecule has 2 atom stereocenters. The van der Waals surface area contributed by atoms with E-state index in [1.807, 2.05) is 6.92 Å². The number of hydrogen-bond acceptors (Lipinski definition) is 6. The maximum Gasteiger partial charge on any atom is 0.267 e. The number of hydrogen-bond donors (Lipinski definition) is 3. The fourth-order valence-corrected chi connectivity index (χ4v) is 2.52. The minimum absolute atomic E-state index is 0.0556. The fourth-order valence-electron chi connectivity index (χ4n) is 2.52. The van der Waals surface area contributed by atoms with Crippen LogP contribution >= 0.6 is 0 Å². The molecule has 4 N–H and O–H groups in total. The van der Waals surface area contributed by atoms with Gasteiger partial charge in [-0.2, -0.15) is 4.39 Å². The summed E-state index contributed by atoms with van der Waals surface area (Å²) in [7, 11) is 1.35. The van der Waals surface area contributed by atoms with E-state index in [0.29, 0.717) is 12.1 Å². The van der Waals surface area contributed by atoms with E-state index in [1.54, 1.807) is 6.07 Å². The summed E-state index contributed by atoms with van der Waals surface area (Å²) in [6.07, 6.45) is 2.69. The van der Waals surface area contributed by atoms with Crippen LogP contribution in [0.25, 0.3) is 0 Å². The molecule has 3 rings (SSSR count). The molecule has 8 nitrogen and oxygen atoms in total. The van der Waals surface area contributed by atoms with Crippen molar-refractivity contribution in [3.8, 4) is 11.5 Å². The zero-order chi connectivity index (χ0) is 20.7. The molecule has 0 aliphatic carbocycles. The van der Waals surface area contributed by atoms with E-state index in [1.165, 1.54) is 37.6 Å². The fraction of sp³-hybridized carbons (Fsp3) is 0.316. The van der Waals surface area contributed by atoms with E-state index in [-0.39, 0.29) is 29.2 Å². The zero-order valence-corrected chi connectivity index (χ0v) is 15.5. The molecule has 28 heavy (non-hydrogen) atoms. The molecule has 2 aromatic rings. The lowest BCUT2D eigenvalue weighted by Gasteiger charge is -2.11. The van der Waals surface area contributed by atoms with E-state index in [0.717, 1.165) is 6.42 Å². The van der Waals surface area contributed by atoms with E-state index >= 15 is 0 Å². The molecule has 0 spiro atoms. The molecule has 2 amide bonds. The van der Waals surface area contributed by atoms with Gasteiger partial charge in [-0.25, -0.2) is 0 Å². The second-order valence-corrected chi connectivity index (χ2v) is 6.09. The molecule has 1 aromatic carbocycles. The van der Waals surface area contributed by atoms with Crippen molar-refractivity contribution in [2.75, 3.05) is 12.4 Å². The predicted octanol–water partition coefficient (Wildman–Crippen LogP) is 2.23. The number of nitrogens with one attached hydrogen (secondary N) is 1. The molecule has 1 saturated heterocycles. The van der Waals surface area contributed by atoms with E-state index in [9.17, 15) is 14.0 Å². The van der Waals surface area contributed by atoms with Crippen molar-refractivity contribution in [2.45, 2.75) is 32.0 Å². The Hall–Kier alpha value is -3.20. The maximum absolute atomic E-state index is 12.6. The summed E-state index contributed by atoms with van der Waals surface area (Å²) >= 11 is 0. The molecular weight excluding hydrogens is 369 g/mol. The van der Waals surface area contributed by atoms with Crippen LogP contribution in [0.1, 0.15) is 30.3 Å². The van der Waals surface area contributed by atoms with Crippen molar-refractivity contribution < 1.29 is 28.6 Å². The molecule has 0 radical (unpaired) electrons. The number of anilines is 1. The summed E-state index contributed by atoms with van der Waals surface area (Å²) in [4.78, 5) is 26.6. The van der Waals surface area contributed by atoms with Crippen molar-refractivity contribution in [1.29, 1.82) is 0 Å². The Balaban J connectivity index is 0.000000237. The van der Waals surface area contributed by atoms with Gasteiger partial charge in [0.25, 0.3) is 11.8 Å². The number of methoxy groups -OCH3 is 1. The van der Waals surface area contributed by atoms with Gasteiger partial charge in [-0.05, 0) is 44.0 Å². The van der Waals surface area contributed by atoms with Gasteiger partial charge in [-0.3, -0.25) is 14.6 Å². The third-order valence-corrected chi connectivity index (χ3v) is 3.97. The number of aromatic nitrogens is 1. The number of aromatic hydroxyl groups is 1. The Morgan fingerprint density at radius 1 is 1.36 bits per heavy atom. The zero-order valence-electron chi connectivity index (χ0n) is 15.5. The highest BCUT2D eigenvalue weighted by Crippen LogP contribution is 2.24. The third-order valence-electron chi connectivity index (χ3n) is 3.97. The molecule has 9 heteroatoms. The number of amides is 2. The van der Waals surface area contributed by atoms with Crippen molar-refractivity contribution in [3.05, 3.63) is 48.0 Å². The van der Waals surface area contributed by atoms with Gasteiger partial charge < -0.3 is 25.6 Å². The van der Waals surface area contributed by atoms with E-state index in [2.05, 4.69) is 15.0 Å². The van der Waals surface area contributed by atoms with E-state index in [4.69, 9.17) is 15.6 Å². The van der Waals surface area contributed by atoms with Gasteiger partial charge in [-0.15, -0.1) is 0 Å². The van der Waals surface area contributed by atoms with Gasteiger partial charge in [0.05, 0.1) is 13.2 Å². The lowest BCUT2D eigenvalue weighted by atomic mass is 10.2. The van der Waals surface area contributed by atoms with Gasteiger partial charge in [-0.1, -0.05) is 6.07 Å². The molecule has 1 fully saturated rings. The predicted molar refractivity (Wildman–Crippen MR) is 99.6 cm³/mol. The van der Waals surface area contributed by atoms with E-state index < -0.39 is 17.8 Å². The Labute approximate surface area is 161 Å². The minimum Gasteiger partial charge on any atom is -0.505 e. The molecular formula is C19H22FN3O5. The smallest absolute Gasteiger partial charge is 0.267 e. The monoisotopic (exact) mass is 391 g/mol. The quantitative estimate of drug-likeness (QED) is 0.734. The number of phenols is 1. The number of pyridine rings is 1. The van der Waals surface area contributed by atoms with Crippen LogP contribution in [0, 0.1) is 5.82 Å². The summed E-state index contributed by atoms with van der Waals surface area (Å²) in [6, 6.07) is 7.26. The standard InChI is InChI=1S/C12H15N3O3.C7H7FO2/c1-7-2-3-10(18-7)12(17)15-8-4-5-14-9(6-8)11(13)16;1-10-6-4-2-3-5(9)7(6)8/h4-7,10H,2-3H2,1H3,(H2,13,16)(H,14,15,17);2-4,9H,1H3. The van der Waals surface area contributed by atoms with Gasteiger partial charge in [0.1, 0.15) is 11.8 Å². The van der Waals surface area contributed by atoms with Crippen LogP contribution in [-0.4, -0.2) is 41.2 Å². The number of nitrogens with two attached hydrogens (primary N) is 1. The molecule has 0 saturated carbocycles. The number of phenolic OH excluding ortho intramolecular Hbond substituents is 1. The number of benzene rings is 1. The van der Waals surface area contributed by atoms with Crippen LogP contribution in [0.2, 0.25) is 0 Å². The van der Waals surface area contributed by atoms with Crippen molar-refractivity contribution in [3.63, 3.8) is 0 Å². The second-order valence-electron chi connectivity index (χ2n) is 6.09. The maximum atomic E-state index is 12.6. The highest BCUT2D eigenvalue weighted by atomic mass is 19.1. The number of carbonyl (C=O) groups is 2. The first-order chi connectivity index (χ1) is 13.3. The first-order valence-corrected chi connectivity index (χ1v) is 8.55. The first kappa shape index (κ1) is 21.1. The Bertz CT molecular complexity index is 846. The molecule has 1 aliphatic heterocycles. The highest BCUT2D eigenvalue weighted by Gasteiger charge is 2.28. The van der Waals surface area contributed by atoms with Crippen LogP contribution < -0.4 is 15.8 Å². The van der Waals surface area contributed by atoms with Crippen LogP contribution in [0.4, 0.5) is 10.1 Å². The Morgan fingerprint density at radius 3 is 2.68 bits per heavy atom. The largest absolute Gasteiger partial charge is 0.505 e. The summed E-state index contributed by atoms with van der Waals surface area (Å²) in [5.41, 5.74) is 5.73. The van der Waals surface area contributed by atoms with Crippen LogP contribution in [0.15, 0.2) is 36.5 Å². The van der Waals surface area contributed by atoms with Gasteiger partial charge in [0.15, 0.2) is 11.5 Å². The number of halogens is 1. The summed E-state index contributed by atoms with van der Waals surface area (Å²) in [5.74, 6) is -1.89. The molecule has 1 aliphatic rings. The van der Waals surface area contributed by atoms with Crippen molar-refractivity contribution >= 4 is 17.5 Å². The van der Waals surface area contributed by atoms with Gasteiger partial charge >= 0.3 is 0 Å². The topological polar surface area (TPSA) is 124 Å². The summed E-state index contributed by atoms with van der Waals surface area (Å²) in [6.45, 7) is 1.94. The molecule has 150 valence electrons. The van der Waals surface area contributed by atoms with Crippen molar-refractivity contribution in [1.82, 2.24) is 4.98 Å². The summed E-state index contributed by atoms with van der Waals surface area (Å²) in [5, 5.41) is 11.5. The van der Waals surface area contributed by atoms with Crippen LogP contribution in [-0.2, 0) is 9.53 Å². The van der Waals surface area contributed by atoms with Gasteiger partial charge in [0, 0.05) is 11.9 Å². The highest BCUT2D eigenvalue weighted by molar-refractivity contribution is 5.96. The average molecular weight is 391 g/mol. The van der Waals surface area contributed by atoms with Crippen molar-refractivity contribution in [2.24, 2.45) is 5.73 Å². The van der Waals surface area contributed by atoms with Crippen LogP contribution in [0.3, 0.4) is 0 Å². The van der Waals surface area contributed by atoms with Crippen LogP contribution in [0.5, 0.6) is 11.5 Å². The first-order valence-electron chi connectivity index (χ1n) is 8.55. The Kier molecular flexibility index (Phi) is 7.28. The number of primary amides is 1. The third kappa shape index (κ3) is 5.65. The summed E-state index contributed by atoms with van der Waals surface area (Å²) < 4.78 is 22.7. The Morgan fingerprint density at radius 2 is 2.11 bits per heavy atom. The number of nitrogens with zero attached hydrogens (tertiary/aromatic N) is 1. The average Bonchev–Trinajstić information content (AvgIpc) is 3.11. The lowest BCUT2D eigenvalue weighted by molar-refractivity contribution is -0.126. The number of rotatable bonds is 4. The number of carbonyl (C=O) groups excluding carboxylic acids is 2. The molecule has 2 unspecified atom stereocenters. The minimum atomic E-state index is -0.718. The molecule has 0 bridgehead atoms. The lowest BCUT2D eigenvalue weighted by Crippen LogP contribution is -2.28. The SMILES string of the molecule is CC1CCC(C(=O)Nc2ccnc(C(N)=O)c2)O1.COc1cccc(O)c1F. The number of ether oxygens (including phenoxy) is 2. The normalized spacial score (nSPS) is 18.0. The second kappa shape index (κ2) is 9.65. The molecule has 2 heterocycles. The van der Waals surface area contributed by atoms with Gasteiger partial charge in [0.2, 0.25) is 5.82 Å².